The van der Waals surface area contributed by atoms with E-state index in [0.717, 1.165) is 35.7 Å². The molecule has 27 heavy (non-hydrogen) atoms. The van der Waals surface area contributed by atoms with Crippen LogP contribution in [0.1, 0.15) is 44.1 Å². The molecule has 0 radical (unpaired) electrons. The van der Waals surface area contributed by atoms with E-state index in [4.69, 9.17) is 0 Å². The predicted molar refractivity (Wildman–Crippen MR) is 99.5 cm³/mol. The molecule has 2 N–H and O–H groups in total. The Morgan fingerprint density at radius 1 is 1.11 bits per heavy atom. The second-order valence-electron chi connectivity index (χ2n) is 9.11. The number of aromatic amines is 1. The van der Waals surface area contributed by atoms with Crippen molar-refractivity contribution < 1.29 is 14.7 Å². The summed E-state index contributed by atoms with van der Waals surface area (Å²) in [7, 11) is 0. The van der Waals surface area contributed by atoms with Crippen molar-refractivity contribution in [1.82, 2.24) is 10.3 Å². The highest BCUT2D eigenvalue weighted by molar-refractivity contribution is 5.88. The lowest BCUT2D eigenvalue weighted by atomic mass is 9.49. The minimum atomic E-state index is -1.21. The molecule has 0 aliphatic heterocycles. The van der Waals surface area contributed by atoms with Gasteiger partial charge in [-0.25, -0.2) is 0 Å². The van der Waals surface area contributed by atoms with Gasteiger partial charge in [-0.05, 0) is 67.9 Å². The van der Waals surface area contributed by atoms with Crippen LogP contribution in [0.4, 0.5) is 0 Å². The zero-order valence-electron chi connectivity index (χ0n) is 15.4. The molecule has 2 aromatic rings. The van der Waals surface area contributed by atoms with Crippen LogP contribution in [0.5, 0.6) is 0 Å². The second kappa shape index (κ2) is 6.11. The molecular formula is C22H25N2O3-. The molecule has 142 valence electrons. The van der Waals surface area contributed by atoms with E-state index in [1.54, 1.807) is 0 Å². The molecule has 1 amide bonds. The van der Waals surface area contributed by atoms with E-state index in [0.29, 0.717) is 17.8 Å². The Hall–Kier alpha value is -2.30. The molecule has 5 heteroatoms. The number of carbonyl (C=O) groups is 2. The standard InChI is InChI=1S/C22H26N2O3/c25-20(26)19(8-16-12-23-18-4-2-1-3-17(16)18)24-21(27)22-9-13-5-14(10-22)7-15(6-13)11-22/h1-4,12-15,19,23H,5-11H2,(H,24,27)(H,25,26)/p-1/t13?,14?,15?,19-,22?/m0/s1. The maximum absolute atomic E-state index is 13.2. The van der Waals surface area contributed by atoms with Crippen LogP contribution in [0.3, 0.4) is 0 Å². The fraction of sp³-hybridized carbons (Fsp3) is 0.545. The Morgan fingerprint density at radius 3 is 2.37 bits per heavy atom. The minimum absolute atomic E-state index is 0.0596. The summed E-state index contributed by atoms with van der Waals surface area (Å²) in [5.74, 6) is 0.681. The van der Waals surface area contributed by atoms with Crippen LogP contribution in [0.15, 0.2) is 30.5 Å². The van der Waals surface area contributed by atoms with Gasteiger partial charge in [-0.2, -0.15) is 0 Å². The summed E-state index contributed by atoms with van der Waals surface area (Å²) in [5, 5.41) is 15.6. The van der Waals surface area contributed by atoms with Gasteiger partial charge in [0.25, 0.3) is 0 Å². The van der Waals surface area contributed by atoms with Crippen LogP contribution >= 0.6 is 0 Å². The van der Waals surface area contributed by atoms with Crippen LogP contribution in [-0.4, -0.2) is 22.9 Å². The summed E-state index contributed by atoms with van der Waals surface area (Å²) >= 11 is 0. The van der Waals surface area contributed by atoms with Gasteiger partial charge >= 0.3 is 0 Å². The van der Waals surface area contributed by atoms with Gasteiger partial charge in [-0.1, -0.05) is 18.2 Å². The summed E-state index contributed by atoms with van der Waals surface area (Å²) < 4.78 is 0. The van der Waals surface area contributed by atoms with Crippen LogP contribution < -0.4 is 10.4 Å². The van der Waals surface area contributed by atoms with Crippen molar-refractivity contribution in [3.8, 4) is 0 Å². The molecule has 4 fully saturated rings. The lowest BCUT2D eigenvalue weighted by molar-refractivity contribution is -0.308. The number of rotatable bonds is 5. The molecule has 4 aliphatic carbocycles. The van der Waals surface area contributed by atoms with Crippen molar-refractivity contribution in [2.45, 2.75) is 51.0 Å². The number of H-pyrrole nitrogens is 1. The van der Waals surface area contributed by atoms with Crippen molar-refractivity contribution in [2.75, 3.05) is 0 Å². The molecule has 5 nitrogen and oxygen atoms in total. The molecule has 1 aromatic heterocycles. The van der Waals surface area contributed by atoms with E-state index in [1.807, 2.05) is 30.5 Å². The van der Waals surface area contributed by atoms with Crippen LogP contribution in [0, 0.1) is 23.2 Å². The fourth-order valence-electron chi connectivity index (χ4n) is 6.41. The highest BCUT2D eigenvalue weighted by Gasteiger charge is 2.54. The average Bonchev–Trinajstić information content (AvgIpc) is 3.03. The Morgan fingerprint density at radius 2 is 1.74 bits per heavy atom. The monoisotopic (exact) mass is 365 g/mol. The normalized spacial score (nSPS) is 32.5. The Bertz CT molecular complexity index is 865. The number of benzene rings is 1. The molecule has 4 aliphatic rings. The van der Waals surface area contributed by atoms with Crippen molar-refractivity contribution in [2.24, 2.45) is 23.2 Å². The summed E-state index contributed by atoms with van der Waals surface area (Å²) in [4.78, 5) is 28.1. The number of aliphatic carboxylic acids is 1. The maximum atomic E-state index is 13.2. The zero-order chi connectivity index (χ0) is 18.6. The highest BCUT2D eigenvalue weighted by atomic mass is 16.4. The van der Waals surface area contributed by atoms with E-state index in [9.17, 15) is 14.7 Å². The second-order valence-corrected chi connectivity index (χ2v) is 9.11. The van der Waals surface area contributed by atoms with Gasteiger partial charge in [0, 0.05) is 28.9 Å². The van der Waals surface area contributed by atoms with Gasteiger partial charge in [-0.15, -0.1) is 0 Å². The van der Waals surface area contributed by atoms with Crippen molar-refractivity contribution >= 4 is 22.8 Å². The molecule has 0 spiro atoms. The van der Waals surface area contributed by atoms with E-state index >= 15 is 0 Å². The largest absolute Gasteiger partial charge is 0.548 e. The molecule has 4 saturated carbocycles. The lowest BCUT2D eigenvalue weighted by Crippen LogP contribution is -2.58. The van der Waals surface area contributed by atoms with Crippen LogP contribution in [0.25, 0.3) is 10.9 Å². The van der Waals surface area contributed by atoms with Crippen molar-refractivity contribution in [3.63, 3.8) is 0 Å². The first-order valence-corrected chi connectivity index (χ1v) is 10.1. The summed E-state index contributed by atoms with van der Waals surface area (Å²) in [5.41, 5.74) is 1.52. The van der Waals surface area contributed by atoms with Gasteiger partial charge in [0.05, 0.1) is 12.0 Å². The SMILES string of the molecule is O=C([O-])[C@H](Cc1c[nH]c2ccccc12)NC(=O)C12CC3CC(CC(C3)C1)C2. The third-order valence-corrected chi connectivity index (χ3v) is 7.21. The highest BCUT2D eigenvalue weighted by Crippen LogP contribution is 2.60. The maximum Gasteiger partial charge on any atom is 0.226 e. The summed E-state index contributed by atoms with van der Waals surface area (Å²) in [6, 6.07) is 6.80. The van der Waals surface area contributed by atoms with Crippen LogP contribution in [-0.2, 0) is 16.0 Å². The van der Waals surface area contributed by atoms with E-state index in [-0.39, 0.29) is 17.7 Å². The van der Waals surface area contributed by atoms with Gasteiger partial charge in [0.15, 0.2) is 0 Å². The first kappa shape index (κ1) is 16.8. The molecule has 1 heterocycles. The van der Waals surface area contributed by atoms with E-state index in [1.165, 1.54) is 19.3 Å². The summed E-state index contributed by atoms with van der Waals surface area (Å²) in [6.45, 7) is 0. The van der Waals surface area contributed by atoms with Crippen LogP contribution in [0.2, 0.25) is 0 Å². The Kier molecular flexibility index (Phi) is 3.81. The molecule has 6 rings (SSSR count). The third-order valence-electron chi connectivity index (χ3n) is 7.21. The minimum Gasteiger partial charge on any atom is -0.548 e. The van der Waals surface area contributed by atoms with Crippen molar-refractivity contribution in [1.29, 1.82) is 0 Å². The molecule has 4 bridgehead atoms. The number of para-hydroxylation sites is 1. The smallest absolute Gasteiger partial charge is 0.226 e. The van der Waals surface area contributed by atoms with Gasteiger partial charge in [0.1, 0.15) is 0 Å². The first-order chi connectivity index (χ1) is 13.0. The number of carboxylic acid groups (broad SMARTS) is 1. The van der Waals surface area contributed by atoms with Gasteiger partial charge in [0.2, 0.25) is 5.91 Å². The third kappa shape index (κ3) is 2.84. The number of nitrogens with one attached hydrogen (secondary N) is 2. The molecular weight excluding hydrogens is 340 g/mol. The zero-order valence-corrected chi connectivity index (χ0v) is 15.4. The van der Waals surface area contributed by atoms with Gasteiger partial charge in [-0.3, -0.25) is 4.79 Å². The molecule has 0 unspecified atom stereocenters. The first-order valence-electron chi connectivity index (χ1n) is 10.1. The van der Waals surface area contributed by atoms with E-state index in [2.05, 4.69) is 10.3 Å². The number of hydrogen-bond acceptors (Lipinski definition) is 3. The number of fused-ring (bicyclic) bond motifs is 1. The number of amides is 1. The fourth-order valence-corrected chi connectivity index (χ4v) is 6.41. The quantitative estimate of drug-likeness (QED) is 0.851. The van der Waals surface area contributed by atoms with Crippen molar-refractivity contribution in [3.05, 3.63) is 36.0 Å². The average molecular weight is 365 g/mol. The predicted octanol–water partition coefficient (Wildman–Crippen LogP) is 2.16. The number of carbonyl (C=O) groups excluding carboxylic acids is 2. The topological polar surface area (TPSA) is 85.0 Å². The Labute approximate surface area is 158 Å². The Balaban J connectivity index is 1.36. The van der Waals surface area contributed by atoms with E-state index < -0.39 is 12.0 Å². The van der Waals surface area contributed by atoms with Gasteiger partial charge < -0.3 is 20.2 Å². The molecule has 0 saturated heterocycles. The molecule has 1 atom stereocenters. The number of aromatic nitrogens is 1. The number of hydrogen-bond donors (Lipinski definition) is 2. The molecule has 1 aromatic carbocycles. The lowest BCUT2D eigenvalue weighted by Gasteiger charge is -2.55. The summed E-state index contributed by atoms with van der Waals surface area (Å²) in [6.07, 6.45) is 8.62. The number of carboxylic acids is 1.